The molecule has 0 saturated carbocycles. The number of likely N-dealkylation sites (tertiary alicyclic amines) is 1. The van der Waals surface area contributed by atoms with Crippen molar-refractivity contribution in [2.24, 2.45) is 0 Å². The van der Waals surface area contributed by atoms with Crippen molar-refractivity contribution in [3.05, 3.63) is 34.1 Å². The van der Waals surface area contributed by atoms with Crippen LogP contribution in [0.25, 0.3) is 0 Å². The molecule has 0 bridgehead atoms. The van der Waals surface area contributed by atoms with E-state index in [1.165, 1.54) is 51.4 Å². The fraction of sp³-hybridized carbons (Fsp3) is 0.625. The van der Waals surface area contributed by atoms with Crippen molar-refractivity contribution in [3.8, 4) is 0 Å². The van der Waals surface area contributed by atoms with Crippen molar-refractivity contribution in [2.75, 3.05) is 19.6 Å². The van der Waals surface area contributed by atoms with Crippen LogP contribution in [0.2, 0.25) is 0 Å². The minimum atomic E-state index is -0.124. The maximum atomic E-state index is 13.7. The fourth-order valence-corrected chi connectivity index (χ4v) is 3.08. The number of nitrogens with one attached hydrogen (secondary N) is 1. The lowest BCUT2D eigenvalue weighted by Gasteiger charge is -2.32. The van der Waals surface area contributed by atoms with Crippen LogP contribution in [-0.4, -0.2) is 30.6 Å². The van der Waals surface area contributed by atoms with E-state index in [2.05, 4.69) is 33.1 Å². The Balaban J connectivity index is 1.74. The predicted molar refractivity (Wildman–Crippen MR) is 85.3 cm³/mol. The van der Waals surface area contributed by atoms with Gasteiger partial charge in [-0.1, -0.05) is 29.3 Å². The van der Waals surface area contributed by atoms with E-state index in [0.717, 1.165) is 10.0 Å². The first kappa shape index (κ1) is 15.9. The molecule has 112 valence electrons. The van der Waals surface area contributed by atoms with Gasteiger partial charge in [0.15, 0.2) is 0 Å². The Labute approximate surface area is 129 Å². The first-order valence-corrected chi connectivity index (χ1v) is 8.38. The SMILES string of the molecule is CCCCN1CCC(NCc2cc(Br)ccc2F)CC1. The third-order valence-corrected chi connectivity index (χ3v) is 4.50. The highest BCUT2D eigenvalue weighted by Crippen LogP contribution is 2.17. The van der Waals surface area contributed by atoms with Crippen molar-refractivity contribution in [1.29, 1.82) is 0 Å². The lowest BCUT2D eigenvalue weighted by Crippen LogP contribution is -2.42. The summed E-state index contributed by atoms with van der Waals surface area (Å²) in [5.74, 6) is -0.124. The largest absolute Gasteiger partial charge is 0.310 e. The van der Waals surface area contributed by atoms with Gasteiger partial charge in [0.25, 0.3) is 0 Å². The van der Waals surface area contributed by atoms with Crippen LogP contribution in [0.5, 0.6) is 0 Å². The molecule has 20 heavy (non-hydrogen) atoms. The Hall–Kier alpha value is -0.450. The maximum Gasteiger partial charge on any atom is 0.127 e. The third kappa shape index (κ3) is 4.83. The first-order chi connectivity index (χ1) is 9.69. The van der Waals surface area contributed by atoms with Crippen molar-refractivity contribution in [1.82, 2.24) is 10.2 Å². The van der Waals surface area contributed by atoms with E-state index >= 15 is 0 Å². The van der Waals surface area contributed by atoms with Gasteiger partial charge in [0.2, 0.25) is 0 Å². The van der Waals surface area contributed by atoms with E-state index in [0.29, 0.717) is 12.6 Å². The smallest absolute Gasteiger partial charge is 0.127 e. The molecule has 0 atom stereocenters. The summed E-state index contributed by atoms with van der Waals surface area (Å²) in [6.07, 6.45) is 4.89. The molecule has 1 saturated heterocycles. The molecule has 1 aromatic carbocycles. The number of nitrogens with zero attached hydrogens (tertiary/aromatic N) is 1. The van der Waals surface area contributed by atoms with E-state index < -0.39 is 0 Å². The molecular weight excluding hydrogens is 319 g/mol. The van der Waals surface area contributed by atoms with Gasteiger partial charge in [-0.3, -0.25) is 0 Å². The molecule has 1 aliphatic rings. The van der Waals surface area contributed by atoms with Crippen LogP contribution >= 0.6 is 15.9 Å². The maximum absolute atomic E-state index is 13.7. The second-order valence-corrected chi connectivity index (χ2v) is 6.50. The van der Waals surface area contributed by atoms with Gasteiger partial charge < -0.3 is 10.2 Å². The van der Waals surface area contributed by atoms with Crippen molar-refractivity contribution in [2.45, 2.75) is 45.2 Å². The second kappa shape index (κ2) is 8.11. The highest BCUT2D eigenvalue weighted by molar-refractivity contribution is 9.10. The molecule has 1 aromatic rings. The van der Waals surface area contributed by atoms with Gasteiger partial charge in [0.1, 0.15) is 5.82 Å². The molecule has 2 nitrogen and oxygen atoms in total. The number of unbranched alkanes of at least 4 members (excludes halogenated alkanes) is 1. The van der Waals surface area contributed by atoms with Crippen LogP contribution in [-0.2, 0) is 6.54 Å². The lowest BCUT2D eigenvalue weighted by atomic mass is 10.0. The van der Waals surface area contributed by atoms with Gasteiger partial charge in [0.05, 0.1) is 0 Å². The molecule has 4 heteroatoms. The van der Waals surface area contributed by atoms with Gasteiger partial charge >= 0.3 is 0 Å². The summed E-state index contributed by atoms with van der Waals surface area (Å²) in [5.41, 5.74) is 0.743. The molecule has 1 fully saturated rings. The zero-order chi connectivity index (χ0) is 14.4. The van der Waals surface area contributed by atoms with Crippen LogP contribution in [0.4, 0.5) is 4.39 Å². The van der Waals surface area contributed by atoms with E-state index in [1.807, 2.05) is 6.07 Å². The molecule has 0 amide bonds. The van der Waals surface area contributed by atoms with Crippen molar-refractivity contribution >= 4 is 15.9 Å². The monoisotopic (exact) mass is 342 g/mol. The summed E-state index contributed by atoms with van der Waals surface area (Å²) in [6, 6.07) is 5.64. The lowest BCUT2D eigenvalue weighted by molar-refractivity contribution is 0.194. The average Bonchev–Trinajstić information content (AvgIpc) is 2.47. The molecule has 1 aliphatic heterocycles. The Morgan fingerprint density at radius 3 is 2.80 bits per heavy atom. The van der Waals surface area contributed by atoms with Crippen LogP contribution in [0.1, 0.15) is 38.2 Å². The van der Waals surface area contributed by atoms with Gasteiger partial charge in [-0.25, -0.2) is 4.39 Å². The Morgan fingerprint density at radius 1 is 1.35 bits per heavy atom. The topological polar surface area (TPSA) is 15.3 Å². The molecule has 1 N–H and O–H groups in total. The van der Waals surface area contributed by atoms with E-state index in [-0.39, 0.29) is 5.82 Å². The Kier molecular flexibility index (Phi) is 6.46. The molecular formula is C16H24BrFN2. The number of piperidine rings is 1. The van der Waals surface area contributed by atoms with Crippen LogP contribution in [0.3, 0.4) is 0 Å². The zero-order valence-electron chi connectivity index (χ0n) is 12.2. The number of hydrogen-bond acceptors (Lipinski definition) is 2. The fourth-order valence-electron chi connectivity index (χ4n) is 2.68. The molecule has 0 radical (unpaired) electrons. The number of hydrogen-bond donors (Lipinski definition) is 1. The quantitative estimate of drug-likeness (QED) is 0.842. The number of benzene rings is 1. The molecule has 1 heterocycles. The van der Waals surface area contributed by atoms with Gasteiger partial charge in [-0.2, -0.15) is 0 Å². The highest BCUT2D eigenvalue weighted by atomic mass is 79.9. The zero-order valence-corrected chi connectivity index (χ0v) is 13.8. The summed E-state index contributed by atoms with van der Waals surface area (Å²) < 4.78 is 14.6. The van der Waals surface area contributed by atoms with Crippen molar-refractivity contribution in [3.63, 3.8) is 0 Å². The summed E-state index contributed by atoms with van der Waals surface area (Å²) in [5, 5.41) is 3.50. The van der Waals surface area contributed by atoms with E-state index in [4.69, 9.17) is 0 Å². The molecule has 0 aromatic heterocycles. The summed E-state index contributed by atoms with van der Waals surface area (Å²) in [4.78, 5) is 2.54. The van der Waals surface area contributed by atoms with E-state index in [9.17, 15) is 4.39 Å². The molecule has 0 aliphatic carbocycles. The van der Waals surface area contributed by atoms with E-state index in [1.54, 1.807) is 6.07 Å². The molecule has 0 spiro atoms. The Morgan fingerprint density at radius 2 is 2.10 bits per heavy atom. The number of rotatable bonds is 6. The Bertz CT molecular complexity index is 417. The van der Waals surface area contributed by atoms with Crippen molar-refractivity contribution < 1.29 is 4.39 Å². The highest BCUT2D eigenvalue weighted by Gasteiger charge is 2.18. The van der Waals surface area contributed by atoms with Crippen LogP contribution < -0.4 is 5.32 Å². The second-order valence-electron chi connectivity index (χ2n) is 5.59. The summed E-state index contributed by atoms with van der Waals surface area (Å²) in [6.45, 7) is 6.41. The third-order valence-electron chi connectivity index (χ3n) is 4.00. The average molecular weight is 343 g/mol. The molecule has 0 unspecified atom stereocenters. The minimum Gasteiger partial charge on any atom is -0.310 e. The summed E-state index contributed by atoms with van der Waals surface area (Å²) >= 11 is 3.39. The molecule has 2 rings (SSSR count). The normalized spacial score (nSPS) is 17.6. The van der Waals surface area contributed by atoms with Gasteiger partial charge in [0, 0.05) is 22.6 Å². The van der Waals surface area contributed by atoms with Gasteiger partial charge in [-0.15, -0.1) is 0 Å². The minimum absolute atomic E-state index is 0.124. The van der Waals surface area contributed by atoms with Gasteiger partial charge in [-0.05, 0) is 57.1 Å². The summed E-state index contributed by atoms with van der Waals surface area (Å²) in [7, 11) is 0. The van der Waals surface area contributed by atoms with Crippen LogP contribution in [0.15, 0.2) is 22.7 Å². The number of halogens is 2. The predicted octanol–water partition coefficient (Wildman–Crippen LogP) is 3.94. The standard InChI is InChI=1S/C16H24BrFN2/c1-2-3-8-20-9-6-15(7-10-20)19-12-13-11-14(17)4-5-16(13)18/h4-5,11,15,19H,2-3,6-10,12H2,1H3. The van der Waals surface area contributed by atoms with Crippen LogP contribution in [0, 0.1) is 5.82 Å². The first-order valence-electron chi connectivity index (χ1n) is 7.58.